The number of sulfonamides is 1. The van der Waals surface area contributed by atoms with E-state index < -0.39 is 28.5 Å². The van der Waals surface area contributed by atoms with Crippen molar-refractivity contribution in [3.8, 4) is 0 Å². The van der Waals surface area contributed by atoms with Gasteiger partial charge in [-0.3, -0.25) is 13.9 Å². The van der Waals surface area contributed by atoms with E-state index in [0.29, 0.717) is 18.7 Å². The first-order chi connectivity index (χ1) is 18.1. The van der Waals surface area contributed by atoms with Gasteiger partial charge in [-0.2, -0.15) is 0 Å². The van der Waals surface area contributed by atoms with Crippen LogP contribution in [0.5, 0.6) is 0 Å². The fourth-order valence-electron chi connectivity index (χ4n) is 4.25. The maximum absolute atomic E-state index is 14.0. The lowest BCUT2D eigenvalue weighted by Gasteiger charge is -2.33. The second kappa shape index (κ2) is 12.7. The van der Waals surface area contributed by atoms with Gasteiger partial charge in [0.2, 0.25) is 11.8 Å². The maximum atomic E-state index is 14.0. The fourth-order valence-corrected chi connectivity index (χ4v) is 5.66. The van der Waals surface area contributed by atoms with Gasteiger partial charge in [-0.05, 0) is 69.5 Å². The lowest BCUT2D eigenvalue weighted by atomic mass is 10.1. The van der Waals surface area contributed by atoms with Gasteiger partial charge in [-0.25, -0.2) is 8.42 Å². The molecule has 3 aromatic rings. The van der Waals surface area contributed by atoms with Gasteiger partial charge in [-0.15, -0.1) is 0 Å². The van der Waals surface area contributed by atoms with Crippen molar-refractivity contribution in [1.29, 1.82) is 0 Å². The van der Waals surface area contributed by atoms with Crippen LogP contribution in [0, 0.1) is 20.8 Å². The molecular weight excluding hydrogens is 498 g/mol. The summed E-state index contributed by atoms with van der Waals surface area (Å²) in [5.74, 6) is -0.722. The first kappa shape index (κ1) is 28.9. The molecule has 2 amide bonds. The number of aryl methyl sites for hydroxylation is 3. The Hall–Kier alpha value is -3.65. The third kappa shape index (κ3) is 7.01. The molecule has 0 heterocycles. The van der Waals surface area contributed by atoms with Crippen molar-refractivity contribution in [2.24, 2.45) is 0 Å². The summed E-state index contributed by atoms with van der Waals surface area (Å²) in [4.78, 5) is 28.5. The predicted molar refractivity (Wildman–Crippen MR) is 151 cm³/mol. The van der Waals surface area contributed by atoms with Crippen LogP contribution in [-0.4, -0.2) is 44.3 Å². The highest BCUT2D eigenvalue weighted by Gasteiger charge is 2.33. The number of rotatable bonds is 11. The molecule has 38 heavy (non-hydrogen) atoms. The van der Waals surface area contributed by atoms with Crippen molar-refractivity contribution in [3.63, 3.8) is 0 Å². The van der Waals surface area contributed by atoms with Gasteiger partial charge < -0.3 is 10.2 Å². The Morgan fingerprint density at radius 3 is 2.00 bits per heavy atom. The molecule has 0 saturated heterocycles. The standard InChI is InChI=1S/C30H37N3O4S/c1-6-28(30(35)31-7-2)32(20-25-15-11-22(3)12-16-25)29(34)21-33(26-10-8-9-24(5)19-26)38(36,37)27-17-13-23(4)14-18-27/h8-19,28H,6-7,20-21H2,1-5H3,(H,31,35)/t28-/m1/s1. The third-order valence-corrected chi connectivity index (χ3v) is 8.18. The van der Waals surface area contributed by atoms with Gasteiger partial charge >= 0.3 is 0 Å². The second-order valence-corrected chi connectivity index (χ2v) is 11.4. The number of nitrogens with zero attached hydrogens (tertiary/aromatic N) is 2. The molecule has 0 unspecified atom stereocenters. The van der Waals surface area contributed by atoms with E-state index in [4.69, 9.17) is 0 Å². The SMILES string of the molecule is CCNC(=O)[C@@H](CC)N(Cc1ccc(C)cc1)C(=O)CN(c1cccc(C)c1)S(=O)(=O)c1ccc(C)cc1. The van der Waals surface area contributed by atoms with E-state index in [2.05, 4.69) is 5.32 Å². The third-order valence-electron chi connectivity index (χ3n) is 6.39. The topological polar surface area (TPSA) is 86.8 Å². The Bertz CT molecular complexity index is 1350. The van der Waals surface area contributed by atoms with Gasteiger partial charge in [0.25, 0.3) is 10.0 Å². The van der Waals surface area contributed by atoms with Crippen LogP contribution in [0.4, 0.5) is 5.69 Å². The molecular formula is C30H37N3O4S. The van der Waals surface area contributed by atoms with Crippen molar-refractivity contribution < 1.29 is 18.0 Å². The van der Waals surface area contributed by atoms with Crippen LogP contribution in [0.1, 0.15) is 42.5 Å². The highest BCUT2D eigenvalue weighted by atomic mass is 32.2. The van der Waals surface area contributed by atoms with E-state index in [-0.39, 0.29) is 17.3 Å². The van der Waals surface area contributed by atoms with Crippen molar-refractivity contribution in [2.45, 2.75) is 58.5 Å². The molecule has 3 rings (SSSR count). The van der Waals surface area contributed by atoms with Crippen molar-refractivity contribution >= 4 is 27.5 Å². The Kier molecular flexibility index (Phi) is 9.69. The monoisotopic (exact) mass is 535 g/mol. The fraction of sp³-hybridized carbons (Fsp3) is 0.333. The summed E-state index contributed by atoms with van der Waals surface area (Å²) in [6.07, 6.45) is 0.387. The molecule has 202 valence electrons. The summed E-state index contributed by atoms with van der Waals surface area (Å²) < 4.78 is 28.9. The van der Waals surface area contributed by atoms with Crippen LogP contribution in [0.25, 0.3) is 0 Å². The number of nitrogens with one attached hydrogen (secondary N) is 1. The zero-order valence-corrected chi connectivity index (χ0v) is 23.6. The molecule has 7 nitrogen and oxygen atoms in total. The van der Waals surface area contributed by atoms with Crippen molar-refractivity contribution in [1.82, 2.24) is 10.2 Å². The lowest BCUT2D eigenvalue weighted by Crippen LogP contribution is -2.52. The van der Waals surface area contributed by atoms with E-state index in [9.17, 15) is 18.0 Å². The zero-order valence-electron chi connectivity index (χ0n) is 22.8. The molecule has 0 aliphatic heterocycles. The van der Waals surface area contributed by atoms with Crippen LogP contribution in [0.2, 0.25) is 0 Å². The van der Waals surface area contributed by atoms with Gasteiger partial charge in [0, 0.05) is 13.1 Å². The molecule has 0 bridgehead atoms. The van der Waals surface area contributed by atoms with Crippen molar-refractivity contribution in [3.05, 3.63) is 95.1 Å². The first-order valence-corrected chi connectivity index (χ1v) is 14.3. The molecule has 0 aliphatic rings. The molecule has 0 fully saturated rings. The zero-order chi connectivity index (χ0) is 27.9. The molecule has 0 spiro atoms. The van der Waals surface area contributed by atoms with E-state index in [1.54, 1.807) is 42.5 Å². The maximum Gasteiger partial charge on any atom is 0.264 e. The van der Waals surface area contributed by atoms with Crippen LogP contribution < -0.4 is 9.62 Å². The van der Waals surface area contributed by atoms with Gasteiger partial charge in [-0.1, -0.05) is 66.6 Å². The molecule has 1 N–H and O–H groups in total. The Labute approximate surface area is 226 Å². The summed E-state index contributed by atoms with van der Waals surface area (Å²) >= 11 is 0. The molecule has 0 aliphatic carbocycles. The minimum absolute atomic E-state index is 0.0956. The summed E-state index contributed by atoms with van der Waals surface area (Å²) in [5.41, 5.74) is 4.12. The average Bonchev–Trinajstić information content (AvgIpc) is 2.88. The number of hydrogen-bond acceptors (Lipinski definition) is 4. The Balaban J connectivity index is 2.05. The Morgan fingerprint density at radius 1 is 0.842 bits per heavy atom. The number of likely N-dealkylation sites (N-methyl/N-ethyl adjacent to an activating group) is 1. The van der Waals surface area contributed by atoms with E-state index in [0.717, 1.165) is 26.6 Å². The molecule has 0 saturated carbocycles. The summed E-state index contributed by atoms with van der Waals surface area (Å²) in [6.45, 7) is 9.57. The minimum atomic E-state index is -4.07. The summed E-state index contributed by atoms with van der Waals surface area (Å²) in [6, 6.07) is 20.6. The largest absolute Gasteiger partial charge is 0.355 e. The van der Waals surface area contributed by atoms with Crippen molar-refractivity contribution in [2.75, 3.05) is 17.4 Å². The normalized spacial score (nSPS) is 12.0. The summed E-state index contributed by atoms with van der Waals surface area (Å²) in [5, 5.41) is 2.82. The quantitative estimate of drug-likeness (QED) is 0.384. The van der Waals surface area contributed by atoms with Gasteiger partial charge in [0.05, 0.1) is 10.6 Å². The lowest BCUT2D eigenvalue weighted by molar-refractivity contribution is -0.140. The van der Waals surface area contributed by atoms with Crippen LogP contribution in [0.3, 0.4) is 0 Å². The van der Waals surface area contributed by atoms with E-state index >= 15 is 0 Å². The highest BCUT2D eigenvalue weighted by Crippen LogP contribution is 2.26. The molecule has 0 radical (unpaired) electrons. The van der Waals surface area contributed by atoms with E-state index in [1.165, 1.54) is 4.90 Å². The minimum Gasteiger partial charge on any atom is -0.355 e. The molecule has 0 aromatic heterocycles. The molecule has 1 atom stereocenters. The molecule has 3 aromatic carbocycles. The van der Waals surface area contributed by atoms with E-state index in [1.807, 2.05) is 65.0 Å². The van der Waals surface area contributed by atoms with Gasteiger partial charge in [0.1, 0.15) is 12.6 Å². The highest BCUT2D eigenvalue weighted by molar-refractivity contribution is 7.92. The Morgan fingerprint density at radius 2 is 1.45 bits per heavy atom. The van der Waals surface area contributed by atoms with Crippen LogP contribution in [0.15, 0.2) is 77.7 Å². The summed E-state index contributed by atoms with van der Waals surface area (Å²) in [7, 11) is -4.07. The number of hydrogen-bond donors (Lipinski definition) is 1. The predicted octanol–water partition coefficient (Wildman–Crippen LogP) is 4.75. The second-order valence-electron chi connectivity index (χ2n) is 9.49. The number of carbonyl (C=O) groups is 2. The molecule has 8 heteroatoms. The smallest absolute Gasteiger partial charge is 0.264 e. The number of carbonyl (C=O) groups excluding carboxylic acids is 2. The first-order valence-electron chi connectivity index (χ1n) is 12.9. The van der Waals surface area contributed by atoms with Crippen LogP contribution in [-0.2, 0) is 26.2 Å². The number of benzene rings is 3. The number of amides is 2. The average molecular weight is 536 g/mol. The van der Waals surface area contributed by atoms with Crippen LogP contribution >= 0.6 is 0 Å². The van der Waals surface area contributed by atoms with Gasteiger partial charge in [0.15, 0.2) is 0 Å². The number of anilines is 1.